The summed E-state index contributed by atoms with van der Waals surface area (Å²) in [4.78, 5) is 4.13. The lowest BCUT2D eigenvalue weighted by atomic mass is 10.1. The SMILES string of the molecule is CCNCCCc1ccc(CN2CCCN(C)C2O)cc1. The van der Waals surface area contributed by atoms with Gasteiger partial charge in [-0.15, -0.1) is 0 Å². The van der Waals surface area contributed by atoms with Crippen LogP contribution in [0.25, 0.3) is 0 Å². The fraction of sp³-hybridized carbons (Fsp3) is 0.647. The summed E-state index contributed by atoms with van der Waals surface area (Å²) in [5.74, 6) is 0. The van der Waals surface area contributed by atoms with Gasteiger partial charge in [0.15, 0.2) is 6.35 Å². The van der Waals surface area contributed by atoms with Gasteiger partial charge in [-0.25, -0.2) is 0 Å². The highest BCUT2D eigenvalue weighted by atomic mass is 16.3. The third-order valence-corrected chi connectivity index (χ3v) is 4.15. The van der Waals surface area contributed by atoms with E-state index in [0.29, 0.717) is 0 Å². The first kappa shape index (κ1) is 16.4. The van der Waals surface area contributed by atoms with Gasteiger partial charge < -0.3 is 10.4 Å². The highest BCUT2D eigenvalue weighted by molar-refractivity contribution is 5.22. The molecule has 1 atom stereocenters. The summed E-state index contributed by atoms with van der Waals surface area (Å²) < 4.78 is 0. The van der Waals surface area contributed by atoms with Crippen molar-refractivity contribution in [1.29, 1.82) is 0 Å². The van der Waals surface area contributed by atoms with Crippen LogP contribution >= 0.6 is 0 Å². The molecule has 0 bridgehead atoms. The molecule has 1 unspecified atom stereocenters. The van der Waals surface area contributed by atoms with Gasteiger partial charge in [0.25, 0.3) is 0 Å². The smallest absolute Gasteiger partial charge is 0.165 e. The quantitative estimate of drug-likeness (QED) is 0.749. The second-order valence-electron chi connectivity index (χ2n) is 5.92. The maximum atomic E-state index is 10.2. The molecule has 118 valence electrons. The molecular weight excluding hydrogens is 262 g/mol. The number of aryl methyl sites for hydroxylation is 1. The van der Waals surface area contributed by atoms with Gasteiger partial charge in [0.05, 0.1) is 0 Å². The molecule has 0 aliphatic carbocycles. The molecule has 1 saturated heterocycles. The number of nitrogens with one attached hydrogen (secondary N) is 1. The molecule has 2 N–H and O–H groups in total. The van der Waals surface area contributed by atoms with Crippen LogP contribution in [0.4, 0.5) is 0 Å². The minimum atomic E-state index is -0.446. The van der Waals surface area contributed by atoms with Gasteiger partial charge in [-0.1, -0.05) is 31.2 Å². The normalized spacial score (nSPS) is 20.8. The fourth-order valence-corrected chi connectivity index (χ4v) is 2.83. The van der Waals surface area contributed by atoms with Gasteiger partial charge in [0.2, 0.25) is 0 Å². The van der Waals surface area contributed by atoms with Crippen molar-refractivity contribution in [2.45, 2.75) is 39.1 Å². The first-order valence-corrected chi connectivity index (χ1v) is 8.11. The lowest BCUT2D eigenvalue weighted by molar-refractivity contribution is -0.128. The summed E-state index contributed by atoms with van der Waals surface area (Å²) in [6, 6.07) is 8.84. The number of benzene rings is 1. The number of aliphatic hydroxyl groups excluding tert-OH is 1. The second kappa shape index (κ2) is 8.49. The highest BCUT2D eigenvalue weighted by Crippen LogP contribution is 2.15. The highest BCUT2D eigenvalue weighted by Gasteiger charge is 2.24. The van der Waals surface area contributed by atoms with E-state index in [1.807, 2.05) is 11.9 Å². The zero-order valence-electron chi connectivity index (χ0n) is 13.4. The lowest BCUT2D eigenvalue weighted by Crippen LogP contribution is -2.51. The Morgan fingerprint density at radius 1 is 1.19 bits per heavy atom. The zero-order valence-corrected chi connectivity index (χ0v) is 13.4. The Morgan fingerprint density at radius 3 is 2.62 bits per heavy atom. The maximum Gasteiger partial charge on any atom is 0.165 e. The lowest BCUT2D eigenvalue weighted by Gasteiger charge is -2.38. The minimum Gasteiger partial charge on any atom is -0.365 e. The van der Waals surface area contributed by atoms with Crippen LogP contribution < -0.4 is 5.32 Å². The van der Waals surface area contributed by atoms with Crippen molar-refractivity contribution in [1.82, 2.24) is 15.1 Å². The van der Waals surface area contributed by atoms with E-state index in [4.69, 9.17) is 0 Å². The maximum absolute atomic E-state index is 10.2. The van der Waals surface area contributed by atoms with E-state index in [-0.39, 0.29) is 0 Å². The molecule has 1 aromatic rings. The molecule has 1 aliphatic heterocycles. The molecule has 1 aromatic carbocycles. The zero-order chi connectivity index (χ0) is 15.1. The van der Waals surface area contributed by atoms with E-state index < -0.39 is 6.35 Å². The Morgan fingerprint density at radius 2 is 1.90 bits per heavy atom. The van der Waals surface area contributed by atoms with Gasteiger partial charge in [-0.05, 0) is 50.5 Å². The number of nitrogens with zero attached hydrogens (tertiary/aromatic N) is 2. The summed E-state index contributed by atoms with van der Waals surface area (Å²) in [6.07, 6.45) is 2.99. The van der Waals surface area contributed by atoms with Gasteiger partial charge in [0.1, 0.15) is 0 Å². The Balaban J connectivity index is 1.81. The average Bonchev–Trinajstić information content (AvgIpc) is 2.50. The summed E-state index contributed by atoms with van der Waals surface area (Å²) in [6.45, 7) is 7.04. The summed E-state index contributed by atoms with van der Waals surface area (Å²) in [7, 11) is 1.98. The minimum absolute atomic E-state index is 0.446. The van der Waals surface area contributed by atoms with Gasteiger partial charge in [0, 0.05) is 19.6 Å². The van der Waals surface area contributed by atoms with E-state index in [0.717, 1.165) is 45.6 Å². The summed E-state index contributed by atoms with van der Waals surface area (Å²) >= 11 is 0. The summed E-state index contributed by atoms with van der Waals surface area (Å²) in [5, 5.41) is 13.5. The molecule has 4 nitrogen and oxygen atoms in total. The molecule has 0 saturated carbocycles. The van der Waals surface area contributed by atoms with Crippen molar-refractivity contribution in [3.63, 3.8) is 0 Å². The van der Waals surface area contributed by atoms with E-state index in [9.17, 15) is 5.11 Å². The van der Waals surface area contributed by atoms with Crippen LogP contribution in [-0.4, -0.2) is 54.5 Å². The average molecular weight is 291 g/mol. The molecule has 4 heteroatoms. The molecule has 2 rings (SSSR count). The Hall–Kier alpha value is -0.940. The topological polar surface area (TPSA) is 38.7 Å². The number of hydrogen-bond donors (Lipinski definition) is 2. The molecule has 0 radical (unpaired) electrons. The van der Waals surface area contributed by atoms with Crippen LogP contribution in [-0.2, 0) is 13.0 Å². The third-order valence-electron chi connectivity index (χ3n) is 4.15. The molecular formula is C17H29N3O. The Kier molecular flexibility index (Phi) is 6.64. The van der Waals surface area contributed by atoms with Crippen LogP contribution in [0.2, 0.25) is 0 Å². The summed E-state index contributed by atoms with van der Waals surface area (Å²) in [5.41, 5.74) is 2.67. The van der Waals surface area contributed by atoms with Crippen LogP contribution in [0, 0.1) is 0 Å². The molecule has 21 heavy (non-hydrogen) atoms. The van der Waals surface area contributed by atoms with Gasteiger partial charge in [-0.3, -0.25) is 9.80 Å². The largest absolute Gasteiger partial charge is 0.365 e. The standard InChI is InChI=1S/C17H29N3O/c1-3-18-11-4-6-15-7-9-16(10-8-15)14-20-13-5-12-19(2)17(20)21/h7-10,17-18,21H,3-6,11-14H2,1-2H3. The number of aliphatic hydroxyl groups is 1. The van der Waals surface area contributed by atoms with Gasteiger partial charge >= 0.3 is 0 Å². The van der Waals surface area contributed by atoms with E-state index >= 15 is 0 Å². The van der Waals surface area contributed by atoms with Crippen molar-refractivity contribution in [2.24, 2.45) is 0 Å². The van der Waals surface area contributed by atoms with E-state index in [2.05, 4.69) is 41.4 Å². The Labute approximate surface area is 128 Å². The first-order valence-electron chi connectivity index (χ1n) is 8.11. The van der Waals surface area contributed by atoms with Crippen molar-refractivity contribution in [2.75, 3.05) is 33.2 Å². The Bertz CT molecular complexity index is 407. The molecule has 1 heterocycles. The van der Waals surface area contributed by atoms with Gasteiger partial charge in [-0.2, -0.15) is 0 Å². The van der Waals surface area contributed by atoms with Crippen molar-refractivity contribution >= 4 is 0 Å². The molecule has 0 aromatic heterocycles. The van der Waals surface area contributed by atoms with Crippen molar-refractivity contribution in [3.05, 3.63) is 35.4 Å². The third kappa shape index (κ3) is 5.08. The molecule has 1 aliphatic rings. The predicted octanol–water partition coefficient (Wildman–Crippen LogP) is 1.64. The fourth-order valence-electron chi connectivity index (χ4n) is 2.83. The van der Waals surface area contributed by atoms with Crippen molar-refractivity contribution < 1.29 is 5.11 Å². The molecule has 1 fully saturated rings. The van der Waals surface area contributed by atoms with Crippen LogP contribution in [0.1, 0.15) is 30.9 Å². The van der Waals surface area contributed by atoms with E-state index in [1.54, 1.807) is 0 Å². The number of hydrogen-bond acceptors (Lipinski definition) is 4. The molecule has 0 amide bonds. The monoisotopic (exact) mass is 291 g/mol. The van der Waals surface area contributed by atoms with Crippen LogP contribution in [0.15, 0.2) is 24.3 Å². The predicted molar refractivity (Wildman–Crippen MR) is 87.0 cm³/mol. The van der Waals surface area contributed by atoms with Crippen molar-refractivity contribution in [3.8, 4) is 0 Å². The molecule has 0 spiro atoms. The second-order valence-corrected chi connectivity index (χ2v) is 5.92. The first-order chi connectivity index (χ1) is 10.2. The van der Waals surface area contributed by atoms with E-state index in [1.165, 1.54) is 17.5 Å². The number of rotatable bonds is 7. The van der Waals surface area contributed by atoms with Crippen LogP contribution in [0.5, 0.6) is 0 Å². The van der Waals surface area contributed by atoms with Crippen LogP contribution in [0.3, 0.4) is 0 Å².